The van der Waals surface area contributed by atoms with Gasteiger partial charge in [0.1, 0.15) is 0 Å². The zero-order chi connectivity index (χ0) is 14.3. The molecule has 0 atom stereocenters. The van der Waals surface area contributed by atoms with Crippen molar-refractivity contribution in [3.63, 3.8) is 0 Å². The quantitative estimate of drug-likeness (QED) is 0.644. The first-order valence-electron chi connectivity index (χ1n) is 5.42. The Balaban J connectivity index is 2.47. The number of nitrogens with one attached hydrogen (secondary N) is 1. The van der Waals surface area contributed by atoms with E-state index < -0.39 is 11.9 Å². The lowest BCUT2D eigenvalue weighted by molar-refractivity contribution is -0.124. The smallest absolute Gasteiger partial charge is 0.340 e. The molecule has 1 N–H and O–H groups in total. The molecule has 7 heteroatoms. The Morgan fingerprint density at radius 1 is 1.32 bits per heavy atom. The summed E-state index contributed by atoms with van der Waals surface area (Å²) < 4.78 is 9.58. The van der Waals surface area contributed by atoms with Gasteiger partial charge in [-0.2, -0.15) is 0 Å². The summed E-state index contributed by atoms with van der Waals surface area (Å²) in [6.07, 6.45) is 0. The topological polar surface area (TPSA) is 64.6 Å². The van der Waals surface area contributed by atoms with E-state index in [1.807, 2.05) is 0 Å². The van der Waals surface area contributed by atoms with Crippen molar-refractivity contribution in [3.05, 3.63) is 33.8 Å². The van der Waals surface area contributed by atoms with Gasteiger partial charge in [0.2, 0.25) is 0 Å². The highest BCUT2D eigenvalue weighted by molar-refractivity contribution is 6.35. The first kappa shape index (κ1) is 15.8. The van der Waals surface area contributed by atoms with Gasteiger partial charge in [0.15, 0.2) is 6.61 Å². The van der Waals surface area contributed by atoms with Crippen LogP contribution < -0.4 is 5.32 Å². The van der Waals surface area contributed by atoms with E-state index >= 15 is 0 Å². The number of amides is 1. The van der Waals surface area contributed by atoms with E-state index in [-0.39, 0.29) is 17.2 Å². The van der Waals surface area contributed by atoms with Crippen LogP contribution >= 0.6 is 23.2 Å². The van der Waals surface area contributed by atoms with Crippen molar-refractivity contribution in [2.45, 2.75) is 0 Å². The van der Waals surface area contributed by atoms with Crippen LogP contribution in [0.2, 0.25) is 10.0 Å². The largest absolute Gasteiger partial charge is 0.452 e. The summed E-state index contributed by atoms with van der Waals surface area (Å²) in [5.74, 6) is -1.11. The van der Waals surface area contributed by atoms with Crippen LogP contribution in [0.25, 0.3) is 0 Å². The number of ether oxygens (including phenoxy) is 2. The van der Waals surface area contributed by atoms with E-state index in [9.17, 15) is 9.59 Å². The van der Waals surface area contributed by atoms with Crippen LogP contribution in [0.3, 0.4) is 0 Å². The SMILES string of the molecule is COCCNC(=O)COC(=O)c1cc(Cl)ccc1Cl. The number of carbonyl (C=O) groups is 2. The van der Waals surface area contributed by atoms with Crippen LogP contribution in [0.1, 0.15) is 10.4 Å². The third-order valence-electron chi connectivity index (χ3n) is 2.11. The average Bonchev–Trinajstić information content (AvgIpc) is 2.39. The number of hydrogen-bond acceptors (Lipinski definition) is 4. The minimum atomic E-state index is -0.700. The van der Waals surface area contributed by atoms with Crippen LogP contribution in [0, 0.1) is 0 Å². The van der Waals surface area contributed by atoms with Gasteiger partial charge in [0, 0.05) is 18.7 Å². The van der Waals surface area contributed by atoms with Crippen LogP contribution in [0.4, 0.5) is 0 Å². The number of carbonyl (C=O) groups excluding carboxylic acids is 2. The Hall–Kier alpha value is -1.30. The molecule has 1 rings (SSSR count). The maximum atomic E-state index is 11.7. The molecule has 5 nitrogen and oxygen atoms in total. The minimum Gasteiger partial charge on any atom is -0.452 e. The number of benzene rings is 1. The van der Waals surface area contributed by atoms with E-state index in [1.165, 1.54) is 19.2 Å². The summed E-state index contributed by atoms with van der Waals surface area (Å²) in [5.41, 5.74) is 0.124. The second-order valence-electron chi connectivity index (χ2n) is 3.54. The molecule has 0 aliphatic rings. The summed E-state index contributed by atoms with van der Waals surface area (Å²) in [5, 5.41) is 3.09. The molecule has 1 aromatic carbocycles. The van der Waals surface area contributed by atoms with Gasteiger partial charge in [-0.05, 0) is 18.2 Å². The standard InChI is InChI=1S/C12H13Cl2NO4/c1-18-5-4-15-11(16)7-19-12(17)9-6-8(13)2-3-10(9)14/h2-3,6H,4-5,7H2,1H3,(H,15,16). The summed E-state index contributed by atoms with van der Waals surface area (Å²) in [6, 6.07) is 4.42. The maximum absolute atomic E-state index is 11.7. The summed E-state index contributed by atoms with van der Waals surface area (Å²) in [6.45, 7) is 0.357. The number of methoxy groups -OCH3 is 1. The fourth-order valence-electron chi connectivity index (χ4n) is 1.21. The molecule has 0 aromatic heterocycles. The minimum absolute atomic E-state index is 0.124. The lowest BCUT2D eigenvalue weighted by atomic mass is 10.2. The van der Waals surface area contributed by atoms with E-state index in [2.05, 4.69) is 5.32 Å². The maximum Gasteiger partial charge on any atom is 0.340 e. The molecule has 0 saturated heterocycles. The van der Waals surface area contributed by atoms with Crippen molar-refractivity contribution in [1.29, 1.82) is 0 Å². The zero-order valence-electron chi connectivity index (χ0n) is 10.2. The summed E-state index contributed by atoms with van der Waals surface area (Å²) in [7, 11) is 1.52. The monoisotopic (exact) mass is 305 g/mol. The van der Waals surface area contributed by atoms with E-state index in [0.717, 1.165) is 0 Å². The van der Waals surface area contributed by atoms with Crippen molar-refractivity contribution in [3.8, 4) is 0 Å². The molecular formula is C12H13Cl2NO4. The van der Waals surface area contributed by atoms with Crippen molar-refractivity contribution >= 4 is 35.1 Å². The van der Waals surface area contributed by atoms with Gasteiger partial charge in [0.05, 0.1) is 17.2 Å². The molecule has 1 aromatic rings. The molecule has 104 valence electrons. The molecule has 0 radical (unpaired) electrons. The van der Waals surface area contributed by atoms with Crippen molar-refractivity contribution in [2.75, 3.05) is 26.9 Å². The Morgan fingerprint density at radius 2 is 2.05 bits per heavy atom. The molecule has 0 bridgehead atoms. The first-order valence-corrected chi connectivity index (χ1v) is 6.18. The highest BCUT2D eigenvalue weighted by atomic mass is 35.5. The third-order valence-corrected chi connectivity index (χ3v) is 2.68. The predicted molar refractivity (Wildman–Crippen MR) is 71.6 cm³/mol. The van der Waals surface area contributed by atoms with E-state index in [0.29, 0.717) is 18.2 Å². The van der Waals surface area contributed by atoms with Crippen LogP contribution in [0.15, 0.2) is 18.2 Å². The van der Waals surface area contributed by atoms with Crippen LogP contribution in [-0.4, -0.2) is 38.7 Å². The Labute approximate surface area is 120 Å². The Morgan fingerprint density at radius 3 is 2.74 bits per heavy atom. The van der Waals surface area contributed by atoms with Gasteiger partial charge < -0.3 is 14.8 Å². The molecule has 0 heterocycles. The van der Waals surface area contributed by atoms with Crippen LogP contribution in [-0.2, 0) is 14.3 Å². The van der Waals surface area contributed by atoms with E-state index in [4.69, 9.17) is 32.7 Å². The Bertz CT molecular complexity index is 465. The fraction of sp³-hybridized carbons (Fsp3) is 0.333. The number of halogens is 2. The second kappa shape index (κ2) is 7.99. The highest BCUT2D eigenvalue weighted by Crippen LogP contribution is 2.21. The molecule has 0 unspecified atom stereocenters. The second-order valence-corrected chi connectivity index (χ2v) is 4.39. The third kappa shape index (κ3) is 5.46. The molecule has 19 heavy (non-hydrogen) atoms. The van der Waals surface area contributed by atoms with Crippen LogP contribution in [0.5, 0.6) is 0 Å². The van der Waals surface area contributed by atoms with Gasteiger partial charge >= 0.3 is 5.97 Å². The summed E-state index contributed by atoms with van der Waals surface area (Å²) >= 11 is 11.6. The van der Waals surface area contributed by atoms with Crippen molar-refractivity contribution in [2.24, 2.45) is 0 Å². The van der Waals surface area contributed by atoms with Crippen molar-refractivity contribution in [1.82, 2.24) is 5.32 Å². The number of rotatable bonds is 6. The molecule has 0 aliphatic carbocycles. The first-order chi connectivity index (χ1) is 9.04. The molecule has 0 aliphatic heterocycles. The van der Waals surface area contributed by atoms with Gasteiger partial charge in [-0.1, -0.05) is 23.2 Å². The highest BCUT2D eigenvalue weighted by Gasteiger charge is 2.14. The van der Waals surface area contributed by atoms with Crippen molar-refractivity contribution < 1.29 is 19.1 Å². The molecular weight excluding hydrogens is 293 g/mol. The lowest BCUT2D eigenvalue weighted by Crippen LogP contribution is -2.31. The van der Waals surface area contributed by atoms with Gasteiger partial charge in [-0.15, -0.1) is 0 Å². The Kier molecular flexibility index (Phi) is 6.62. The molecule has 0 spiro atoms. The zero-order valence-corrected chi connectivity index (χ0v) is 11.8. The molecule has 1 amide bonds. The van der Waals surface area contributed by atoms with Gasteiger partial charge in [0.25, 0.3) is 5.91 Å². The van der Waals surface area contributed by atoms with Gasteiger partial charge in [-0.3, -0.25) is 4.79 Å². The molecule has 0 fully saturated rings. The average molecular weight is 306 g/mol. The van der Waals surface area contributed by atoms with Gasteiger partial charge in [-0.25, -0.2) is 4.79 Å². The lowest BCUT2D eigenvalue weighted by Gasteiger charge is -2.07. The van der Waals surface area contributed by atoms with E-state index in [1.54, 1.807) is 6.07 Å². The number of esters is 1. The summed E-state index contributed by atoms with van der Waals surface area (Å²) in [4.78, 5) is 23.0. The fourth-order valence-corrected chi connectivity index (χ4v) is 1.57. The number of hydrogen-bond donors (Lipinski definition) is 1. The normalized spacial score (nSPS) is 10.1. The predicted octanol–water partition coefficient (Wildman–Crippen LogP) is 1.91. The molecule has 0 saturated carbocycles.